The molecule has 0 aromatic rings. The zero-order chi connectivity index (χ0) is 17.7. The molecule has 24 heavy (non-hydrogen) atoms. The van der Waals surface area contributed by atoms with Gasteiger partial charge in [0.15, 0.2) is 6.29 Å². The molecule has 138 valence electrons. The van der Waals surface area contributed by atoms with E-state index in [0.29, 0.717) is 0 Å². The van der Waals surface area contributed by atoms with Crippen LogP contribution in [0.2, 0.25) is 0 Å². The minimum atomic E-state index is -1.38. The zero-order valence-corrected chi connectivity index (χ0v) is 14.8. The zero-order valence-electron chi connectivity index (χ0n) is 14.8. The van der Waals surface area contributed by atoms with Crippen LogP contribution in [0, 0.1) is 23.2 Å². The molecule has 2 N–H and O–H groups in total. The maximum Gasteiger partial charge on any atom is 0.311 e. The lowest BCUT2D eigenvalue weighted by Crippen LogP contribution is -2.48. The van der Waals surface area contributed by atoms with Gasteiger partial charge in [0, 0.05) is 11.8 Å². The van der Waals surface area contributed by atoms with Crippen LogP contribution in [0.5, 0.6) is 0 Å². The number of rotatable bonds is 9. The fraction of sp³-hybridized carbons (Fsp3) is 0.833. The van der Waals surface area contributed by atoms with Crippen LogP contribution in [-0.4, -0.2) is 48.6 Å². The molecule has 0 spiro atoms. The van der Waals surface area contributed by atoms with Gasteiger partial charge >= 0.3 is 5.97 Å². The summed E-state index contributed by atoms with van der Waals surface area (Å²) in [5.74, 6) is -0.181. The van der Waals surface area contributed by atoms with Crippen molar-refractivity contribution < 1.29 is 29.2 Å². The van der Waals surface area contributed by atoms with Gasteiger partial charge in [0.05, 0.1) is 18.1 Å². The summed E-state index contributed by atoms with van der Waals surface area (Å²) >= 11 is 0. The van der Waals surface area contributed by atoms with Crippen molar-refractivity contribution in [3.8, 4) is 0 Å². The van der Waals surface area contributed by atoms with Crippen LogP contribution in [0.25, 0.3) is 0 Å². The van der Waals surface area contributed by atoms with E-state index in [1.807, 2.05) is 20.8 Å². The van der Waals surface area contributed by atoms with Crippen LogP contribution in [0.1, 0.15) is 40.0 Å². The lowest BCUT2D eigenvalue weighted by Gasteiger charge is -2.45. The van der Waals surface area contributed by atoms with Crippen molar-refractivity contribution in [3.63, 3.8) is 0 Å². The van der Waals surface area contributed by atoms with E-state index in [1.165, 1.54) is 0 Å². The Morgan fingerprint density at radius 3 is 2.46 bits per heavy atom. The van der Waals surface area contributed by atoms with E-state index in [4.69, 9.17) is 14.2 Å². The van der Waals surface area contributed by atoms with Crippen molar-refractivity contribution in [1.29, 1.82) is 0 Å². The SMILES string of the molecule is CCC(C)(C)C(=O)OCCOCOC1C2C=CC(CC2)C1C(O)O. The van der Waals surface area contributed by atoms with E-state index >= 15 is 0 Å². The Morgan fingerprint density at radius 2 is 1.88 bits per heavy atom. The molecule has 0 amide bonds. The van der Waals surface area contributed by atoms with Gasteiger partial charge in [-0.05, 0) is 39.0 Å². The molecule has 1 saturated carbocycles. The van der Waals surface area contributed by atoms with Crippen molar-refractivity contribution >= 4 is 5.97 Å². The third-order valence-electron chi connectivity index (χ3n) is 5.32. The fourth-order valence-corrected chi connectivity index (χ4v) is 3.33. The molecule has 6 nitrogen and oxygen atoms in total. The topological polar surface area (TPSA) is 85.2 Å². The normalized spacial score (nSPS) is 29.2. The first kappa shape index (κ1) is 19.4. The molecule has 0 aliphatic heterocycles. The first-order valence-electron chi connectivity index (χ1n) is 8.78. The number of hydrogen-bond donors (Lipinski definition) is 2. The molecule has 6 heteroatoms. The molecule has 1 fully saturated rings. The van der Waals surface area contributed by atoms with E-state index in [2.05, 4.69) is 12.2 Å². The summed E-state index contributed by atoms with van der Waals surface area (Å²) in [5, 5.41) is 19.2. The minimum Gasteiger partial charge on any atom is -0.463 e. The lowest BCUT2D eigenvalue weighted by molar-refractivity contribution is -0.199. The van der Waals surface area contributed by atoms with E-state index in [9.17, 15) is 15.0 Å². The summed E-state index contributed by atoms with van der Waals surface area (Å²) in [7, 11) is 0. The molecule has 0 aromatic heterocycles. The average molecular weight is 342 g/mol. The summed E-state index contributed by atoms with van der Waals surface area (Å²) in [6.07, 6.45) is 5.23. The van der Waals surface area contributed by atoms with Crippen molar-refractivity contribution in [2.45, 2.75) is 52.4 Å². The van der Waals surface area contributed by atoms with E-state index < -0.39 is 11.7 Å². The van der Waals surface area contributed by atoms with Crippen LogP contribution < -0.4 is 0 Å². The standard InChI is InChI=1S/C18H30O6/c1-4-18(2,3)17(21)23-10-9-22-11-24-15-13-7-5-12(6-8-13)14(15)16(19)20/h5,7,12-16,19-20H,4,6,8-11H2,1-3H3. The van der Waals surface area contributed by atoms with Gasteiger partial charge in [-0.1, -0.05) is 19.1 Å². The highest BCUT2D eigenvalue weighted by atomic mass is 16.7. The summed E-state index contributed by atoms with van der Waals surface area (Å²) in [4.78, 5) is 11.8. The molecule has 4 unspecified atom stereocenters. The number of ether oxygens (including phenoxy) is 3. The Hall–Kier alpha value is -0.950. The number of carbonyl (C=O) groups excluding carboxylic acids is 1. The predicted molar refractivity (Wildman–Crippen MR) is 87.8 cm³/mol. The smallest absolute Gasteiger partial charge is 0.311 e. The molecule has 0 radical (unpaired) electrons. The van der Waals surface area contributed by atoms with Gasteiger partial charge in [0.2, 0.25) is 0 Å². The van der Waals surface area contributed by atoms with Crippen LogP contribution >= 0.6 is 0 Å². The van der Waals surface area contributed by atoms with Crippen LogP contribution in [0.3, 0.4) is 0 Å². The second-order valence-electron chi connectivity index (χ2n) is 7.31. The van der Waals surface area contributed by atoms with Crippen LogP contribution in [0.15, 0.2) is 12.2 Å². The molecule has 2 bridgehead atoms. The third-order valence-corrected chi connectivity index (χ3v) is 5.32. The number of aliphatic hydroxyl groups is 2. The first-order valence-corrected chi connectivity index (χ1v) is 8.78. The number of esters is 1. The van der Waals surface area contributed by atoms with Crippen molar-refractivity contribution in [3.05, 3.63) is 12.2 Å². The lowest BCUT2D eigenvalue weighted by atomic mass is 9.67. The van der Waals surface area contributed by atoms with Crippen molar-refractivity contribution in [1.82, 2.24) is 0 Å². The summed E-state index contributed by atoms with van der Waals surface area (Å²) in [6, 6.07) is 0. The number of carbonyl (C=O) groups is 1. The predicted octanol–water partition coefficient (Wildman–Crippen LogP) is 1.85. The maximum atomic E-state index is 11.8. The molecular formula is C18H30O6. The highest BCUT2D eigenvalue weighted by Crippen LogP contribution is 2.43. The molecule has 3 rings (SSSR count). The van der Waals surface area contributed by atoms with Gasteiger partial charge in [-0.2, -0.15) is 0 Å². The second kappa shape index (κ2) is 8.43. The first-order chi connectivity index (χ1) is 11.4. The highest BCUT2D eigenvalue weighted by molar-refractivity contribution is 5.75. The molecule has 0 aromatic carbocycles. The van der Waals surface area contributed by atoms with Gasteiger partial charge in [-0.25, -0.2) is 0 Å². The molecule has 3 aliphatic rings. The van der Waals surface area contributed by atoms with E-state index in [-0.39, 0.29) is 49.8 Å². The Balaban J connectivity index is 1.67. The quantitative estimate of drug-likeness (QED) is 0.288. The highest BCUT2D eigenvalue weighted by Gasteiger charge is 2.44. The molecule has 4 atom stereocenters. The largest absolute Gasteiger partial charge is 0.463 e. The maximum absolute atomic E-state index is 11.8. The summed E-state index contributed by atoms with van der Waals surface area (Å²) < 4.78 is 16.3. The molecule has 0 saturated heterocycles. The monoisotopic (exact) mass is 342 g/mol. The second-order valence-corrected chi connectivity index (χ2v) is 7.31. The van der Waals surface area contributed by atoms with Gasteiger partial charge in [0.25, 0.3) is 0 Å². The van der Waals surface area contributed by atoms with E-state index in [0.717, 1.165) is 19.3 Å². The van der Waals surface area contributed by atoms with Gasteiger partial charge in [-0.3, -0.25) is 4.79 Å². The summed E-state index contributed by atoms with van der Waals surface area (Å²) in [5.41, 5.74) is -0.478. The van der Waals surface area contributed by atoms with Crippen molar-refractivity contribution in [2.24, 2.45) is 23.2 Å². The third kappa shape index (κ3) is 4.57. The van der Waals surface area contributed by atoms with Crippen LogP contribution in [-0.2, 0) is 19.0 Å². The molecule has 0 heterocycles. The minimum absolute atomic E-state index is 0.0552. The van der Waals surface area contributed by atoms with Crippen LogP contribution in [0.4, 0.5) is 0 Å². The van der Waals surface area contributed by atoms with Gasteiger partial charge in [0.1, 0.15) is 13.4 Å². The Morgan fingerprint density at radius 1 is 1.21 bits per heavy atom. The van der Waals surface area contributed by atoms with E-state index in [1.54, 1.807) is 0 Å². The Bertz CT molecular complexity index is 445. The molecular weight excluding hydrogens is 312 g/mol. The van der Waals surface area contributed by atoms with Crippen molar-refractivity contribution in [2.75, 3.05) is 20.0 Å². The Kier molecular flexibility index (Phi) is 6.80. The fourth-order valence-electron chi connectivity index (χ4n) is 3.33. The number of hydrogen-bond acceptors (Lipinski definition) is 6. The Labute approximate surface area is 143 Å². The summed E-state index contributed by atoms with van der Waals surface area (Å²) in [6.45, 7) is 6.16. The average Bonchev–Trinajstić information content (AvgIpc) is 2.58. The number of allylic oxidation sites excluding steroid dienone is 1. The molecule has 3 aliphatic carbocycles. The van der Waals surface area contributed by atoms with Gasteiger partial charge < -0.3 is 24.4 Å². The number of aliphatic hydroxyl groups excluding tert-OH is 1. The van der Waals surface area contributed by atoms with Gasteiger partial charge in [-0.15, -0.1) is 0 Å². The number of fused-ring (bicyclic) bond motifs is 2.